The topological polar surface area (TPSA) is 47.6 Å². The molecule has 0 N–H and O–H groups in total. The predicted octanol–water partition coefficient (Wildman–Crippen LogP) is 5.74. The highest BCUT2D eigenvalue weighted by Crippen LogP contribution is 2.32. The van der Waals surface area contributed by atoms with Crippen LogP contribution in [0.1, 0.15) is 11.1 Å². The van der Waals surface area contributed by atoms with E-state index in [0.717, 1.165) is 6.42 Å². The molecule has 0 unspecified atom stereocenters. The Labute approximate surface area is 150 Å². The molecule has 0 aromatic heterocycles. The number of nitrogens with zero attached hydrogens (tertiary/aromatic N) is 2. The highest BCUT2D eigenvalue weighted by Gasteiger charge is 2.07. The molecule has 0 fully saturated rings. The third-order valence-electron chi connectivity index (χ3n) is 3.45. The molecule has 0 saturated carbocycles. The summed E-state index contributed by atoms with van der Waals surface area (Å²) in [4.78, 5) is 0. The molecular formula is C21H15BrN2. The zero-order valence-corrected chi connectivity index (χ0v) is 14.6. The molecule has 3 aromatic rings. The van der Waals surface area contributed by atoms with Gasteiger partial charge in [-0.15, -0.1) is 0 Å². The van der Waals surface area contributed by atoms with Gasteiger partial charge in [-0.05, 0) is 44.6 Å². The van der Waals surface area contributed by atoms with E-state index in [1.165, 1.54) is 38.9 Å². The Kier molecular flexibility index (Phi) is 6.77. The molecule has 24 heavy (non-hydrogen) atoms. The Hall–Kier alpha value is -2.88. The first-order valence-corrected chi connectivity index (χ1v) is 8.20. The molecule has 0 aliphatic carbocycles. The fourth-order valence-electron chi connectivity index (χ4n) is 2.37. The van der Waals surface area contributed by atoms with E-state index in [2.05, 4.69) is 88.7 Å². The highest BCUT2D eigenvalue weighted by atomic mass is 79.9. The van der Waals surface area contributed by atoms with Gasteiger partial charge in [0.1, 0.15) is 0 Å². The van der Waals surface area contributed by atoms with Gasteiger partial charge in [-0.1, -0.05) is 78.9 Å². The summed E-state index contributed by atoms with van der Waals surface area (Å²) in [6.45, 7) is 0. The number of rotatable bonds is 3. The van der Waals surface area contributed by atoms with Crippen LogP contribution in [0, 0.1) is 22.7 Å². The summed E-state index contributed by atoms with van der Waals surface area (Å²) in [5.41, 5.74) is 5.14. The SMILES string of the molecule is Brc1c(Cc2ccccc2)cccc1-c1ccccc1.N#CC#N. The van der Waals surface area contributed by atoms with E-state index in [1.54, 1.807) is 0 Å². The van der Waals surface area contributed by atoms with Gasteiger partial charge in [-0.3, -0.25) is 0 Å². The van der Waals surface area contributed by atoms with E-state index in [4.69, 9.17) is 10.5 Å². The van der Waals surface area contributed by atoms with Crippen LogP contribution in [-0.4, -0.2) is 0 Å². The first kappa shape index (κ1) is 17.5. The zero-order chi connectivity index (χ0) is 17.2. The lowest BCUT2D eigenvalue weighted by Crippen LogP contribution is -1.91. The monoisotopic (exact) mass is 374 g/mol. The lowest BCUT2D eigenvalue weighted by molar-refractivity contribution is 1.18. The van der Waals surface area contributed by atoms with Crippen LogP contribution in [0.5, 0.6) is 0 Å². The standard InChI is InChI=1S/C19H15Br.C2N2/c20-19-17(14-15-8-3-1-4-9-15)12-7-13-18(19)16-10-5-2-6-11-16;3-1-2-4/h1-13H,14H2;. The Morgan fingerprint density at radius 2 is 1.29 bits per heavy atom. The van der Waals surface area contributed by atoms with Crippen molar-refractivity contribution in [1.29, 1.82) is 10.5 Å². The average molecular weight is 375 g/mol. The van der Waals surface area contributed by atoms with Crippen molar-refractivity contribution < 1.29 is 0 Å². The van der Waals surface area contributed by atoms with Gasteiger partial charge < -0.3 is 0 Å². The Morgan fingerprint density at radius 1 is 0.708 bits per heavy atom. The van der Waals surface area contributed by atoms with E-state index in [9.17, 15) is 0 Å². The van der Waals surface area contributed by atoms with E-state index in [-0.39, 0.29) is 0 Å². The van der Waals surface area contributed by atoms with Crippen molar-refractivity contribution in [1.82, 2.24) is 0 Å². The summed E-state index contributed by atoms with van der Waals surface area (Å²) in [6.07, 6.45) is 0.947. The summed E-state index contributed by atoms with van der Waals surface area (Å²) in [6, 6.07) is 30.0. The molecule has 0 saturated heterocycles. The second-order valence-corrected chi connectivity index (χ2v) is 5.82. The van der Waals surface area contributed by atoms with Crippen molar-refractivity contribution in [2.45, 2.75) is 6.42 Å². The maximum atomic E-state index is 7.26. The van der Waals surface area contributed by atoms with Crippen LogP contribution in [-0.2, 0) is 6.42 Å². The molecule has 0 radical (unpaired) electrons. The smallest absolute Gasteiger partial charge is 0.181 e. The van der Waals surface area contributed by atoms with Gasteiger partial charge in [0.05, 0.1) is 0 Å². The van der Waals surface area contributed by atoms with Crippen LogP contribution in [0.25, 0.3) is 11.1 Å². The number of hydrogen-bond donors (Lipinski definition) is 0. The van der Waals surface area contributed by atoms with Crippen molar-refractivity contribution in [3.8, 4) is 23.3 Å². The minimum Gasteiger partial charge on any atom is -0.181 e. The van der Waals surface area contributed by atoms with Crippen molar-refractivity contribution in [3.05, 3.63) is 94.5 Å². The molecule has 0 heterocycles. The van der Waals surface area contributed by atoms with Gasteiger partial charge in [0.15, 0.2) is 12.1 Å². The Morgan fingerprint density at radius 3 is 1.88 bits per heavy atom. The first-order valence-electron chi connectivity index (χ1n) is 7.41. The van der Waals surface area contributed by atoms with Crippen molar-refractivity contribution in [2.75, 3.05) is 0 Å². The molecule has 0 amide bonds. The highest BCUT2D eigenvalue weighted by molar-refractivity contribution is 9.10. The molecule has 0 bridgehead atoms. The Bertz CT molecular complexity index is 848. The fourth-order valence-corrected chi connectivity index (χ4v) is 3.01. The van der Waals surface area contributed by atoms with Crippen LogP contribution in [0.15, 0.2) is 83.3 Å². The van der Waals surface area contributed by atoms with Gasteiger partial charge >= 0.3 is 0 Å². The second-order valence-electron chi connectivity index (χ2n) is 5.03. The fraction of sp³-hybridized carbons (Fsp3) is 0.0476. The lowest BCUT2D eigenvalue weighted by atomic mass is 9.99. The van der Waals surface area contributed by atoms with E-state index < -0.39 is 0 Å². The average Bonchev–Trinajstić information content (AvgIpc) is 2.65. The molecule has 116 valence electrons. The minimum atomic E-state index is 0.947. The molecule has 2 nitrogen and oxygen atoms in total. The molecule has 0 spiro atoms. The van der Waals surface area contributed by atoms with E-state index >= 15 is 0 Å². The number of hydrogen-bond acceptors (Lipinski definition) is 2. The van der Waals surface area contributed by atoms with Crippen LogP contribution in [0.3, 0.4) is 0 Å². The molecule has 0 aliphatic rings. The molecular weight excluding hydrogens is 360 g/mol. The third kappa shape index (κ3) is 4.81. The quantitative estimate of drug-likeness (QED) is 0.586. The predicted molar refractivity (Wildman–Crippen MR) is 100 cm³/mol. The van der Waals surface area contributed by atoms with Crippen molar-refractivity contribution in [3.63, 3.8) is 0 Å². The van der Waals surface area contributed by atoms with Crippen LogP contribution in [0.4, 0.5) is 0 Å². The van der Waals surface area contributed by atoms with Crippen LogP contribution in [0.2, 0.25) is 0 Å². The molecule has 3 heteroatoms. The molecule has 3 aromatic carbocycles. The van der Waals surface area contributed by atoms with Crippen molar-refractivity contribution >= 4 is 15.9 Å². The molecule has 3 rings (SSSR count). The van der Waals surface area contributed by atoms with Gasteiger partial charge in [-0.2, -0.15) is 10.5 Å². The summed E-state index contributed by atoms with van der Waals surface area (Å²) >= 11 is 3.78. The van der Waals surface area contributed by atoms with Crippen molar-refractivity contribution in [2.24, 2.45) is 0 Å². The molecule has 0 atom stereocenters. The van der Waals surface area contributed by atoms with Gasteiger partial charge in [0, 0.05) is 4.47 Å². The van der Waals surface area contributed by atoms with Crippen LogP contribution < -0.4 is 0 Å². The largest absolute Gasteiger partial charge is 0.181 e. The number of benzene rings is 3. The lowest BCUT2D eigenvalue weighted by Gasteiger charge is -2.10. The summed E-state index contributed by atoms with van der Waals surface area (Å²) in [5.74, 6) is 0. The Balaban J connectivity index is 0.000000471. The number of nitriles is 2. The summed E-state index contributed by atoms with van der Waals surface area (Å²) in [7, 11) is 0. The maximum absolute atomic E-state index is 7.26. The van der Waals surface area contributed by atoms with Gasteiger partial charge in [0.25, 0.3) is 0 Å². The van der Waals surface area contributed by atoms with E-state index in [1.807, 2.05) is 6.07 Å². The van der Waals surface area contributed by atoms with Crippen LogP contribution >= 0.6 is 15.9 Å². The summed E-state index contributed by atoms with van der Waals surface area (Å²) < 4.78 is 1.19. The van der Waals surface area contributed by atoms with E-state index in [0.29, 0.717) is 0 Å². The maximum Gasteiger partial charge on any atom is 0.181 e. The van der Waals surface area contributed by atoms with Gasteiger partial charge in [-0.25, -0.2) is 0 Å². The first-order chi connectivity index (χ1) is 11.8. The minimum absolute atomic E-state index is 0.947. The number of halogens is 1. The normalized spacial score (nSPS) is 9.12. The zero-order valence-electron chi connectivity index (χ0n) is 13.0. The van der Waals surface area contributed by atoms with Gasteiger partial charge in [0.2, 0.25) is 0 Å². The summed E-state index contributed by atoms with van der Waals surface area (Å²) in [5, 5.41) is 14.5. The second kappa shape index (κ2) is 9.30. The molecule has 0 aliphatic heterocycles. The third-order valence-corrected chi connectivity index (χ3v) is 4.39.